The van der Waals surface area contributed by atoms with E-state index in [1.165, 1.54) is 0 Å². The van der Waals surface area contributed by atoms with Crippen molar-refractivity contribution in [2.24, 2.45) is 0 Å². The highest BCUT2D eigenvalue weighted by atomic mass is 79.9. The summed E-state index contributed by atoms with van der Waals surface area (Å²) in [5, 5.41) is 3.21. The molecule has 2 nitrogen and oxygen atoms in total. The predicted molar refractivity (Wildman–Crippen MR) is 53.6 cm³/mol. The van der Waals surface area contributed by atoms with Crippen molar-refractivity contribution in [2.75, 3.05) is 5.32 Å². The molecule has 0 radical (unpaired) electrons. The minimum atomic E-state index is 0.628. The Morgan fingerprint density at radius 1 is 1.58 bits per heavy atom. The van der Waals surface area contributed by atoms with E-state index in [0.29, 0.717) is 11.4 Å². The molecule has 0 atom stereocenters. The van der Waals surface area contributed by atoms with Gasteiger partial charge >= 0.3 is 0 Å². The van der Waals surface area contributed by atoms with Crippen LogP contribution >= 0.6 is 27.5 Å². The van der Waals surface area contributed by atoms with Crippen molar-refractivity contribution in [2.45, 2.75) is 6.92 Å². The van der Waals surface area contributed by atoms with Crippen LogP contribution in [-0.2, 0) is 4.79 Å². The first-order chi connectivity index (χ1) is 5.66. The number of hydrogen-bond donors (Lipinski definition) is 1. The van der Waals surface area contributed by atoms with Crippen LogP contribution in [0.1, 0.15) is 5.56 Å². The smallest absolute Gasteiger partial charge is 0.211 e. The molecule has 1 amide bonds. The first-order valence-corrected chi connectivity index (χ1v) is 4.48. The van der Waals surface area contributed by atoms with Crippen molar-refractivity contribution in [1.29, 1.82) is 0 Å². The lowest BCUT2D eigenvalue weighted by Gasteiger charge is -2.07. The third kappa shape index (κ3) is 1.79. The number of anilines is 1. The predicted octanol–water partition coefficient (Wildman–Crippen LogP) is 2.98. The fraction of sp³-hybridized carbons (Fsp3) is 0.125. The van der Waals surface area contributed by atoms with Crippen LogP contribution in [0.2, 0.25) is 5.02 Å². The van der Waals surface area contributed by atoms with E-state index >= 15 is 0 Å². The zero-order chi connectivity index (χ0) is 9.14. The minimum absolute atomic E-state index is 0.628. The monoisotopic (exact) mass is 247 g/mol. The molecule has 1 N–H and O–H groups in total. The number of hydrogen-bond acceptors (Lipinski definition) is 1. The lowest BCUT2D eigenvalue weighted by Crippen LogP contribution is -1.97. The molecule has 1 aromatic rings. The summed E-state index contributed by atoms with van der Waals surface area (Å²) in [7, 11) is 0. The van der Waals surface area contributed by atoms with Crippen LogP contribution in [0.5, 0.6) is 0 Å². The van der Waals surface area contributed by atoms with E-state index < -0.39 is 0 Å². The molecular weight excluding hydrogens is 241 g/mol. The van der Waals surface area contributed by atoms with Gasteiger partial charge in [-0.25, -0.2) is 0 Å². The van der Waals surface area contributed by atoms with Crippen molar-refractivity contribution in [3.63, 3.8) is 0 Å². The van der Waals surface area contributed by atoms with E-state index in [1.54, 1.807) is 12.1 Å². The van der Waals surface area contributed by atoms with Gasteiger partial charge in [0.1, 0.15) is 0 Å². The largest absolute Gasteiger partial charge is 0.327 e. The summed E-state index contributed by atoms with van der Waals surface area (Å²) in [6, 6.07) is 3.57. The second-order valence-electron chi connectivity index (χ2n) is 2.29. The second kappa shape index (κ2) is 3.92. The molecule has 0 aromatic heterocycles. The molecule has 0 spiro atoms. The Morgan fingerprint density at radius 3 is 2.83 bits per heavy atom. The van der Waals surface area contributed by atoms with Gasteiger partial charge in [-0.05, 0) is 40.5 Å². The lowest BCUT2D eigenvalue weighted by molar-refractivity contribution is -0.105. The average molecular weight is 249 g/mol. The van der Waals surface area contributed by atoms with Crippen molar-refractivity contribution in [1.82, 2.24) is 0 Å². The maximum Gasteiger partial charge on any atom is 0.211 e. The van der Waals surface area contributed by atoms with Crippen LogP contribution in [0.25, 0.3) is 0 Å². The van der Waals surface area contributed by atoms with Crippen LogP contribution in [-0.4, -0.2) is 6.41 Å². The van der Waals surface area contributed by atoms with E-state index in [0.717, 1.165) is 15.7 Å². The average Bonchev–Trinajstić information content (AvgIpc) is 2.06. The maximum atomic E-state index is 10.2. The van der Waals surface area contributed by atoms with Gasteiger partial charge in [-0.3, -0.25) is 4.79 Å². The normalized spacial score (nSPS) is 9.58. The van der Waals surface area contributed by atoms with Gasteiger partial charge in [0.2, 0.25) is 6.41 Å². The summed E-state index contributed by atoms with van der Waals surface area (Å²) in [4.78, 5) is 10.2. The molecule has 64 valence electrons. The van der Waals surface area contributed by atoms with E-state index in [1.807, 2.05) is 6.92 Å². The Bertz CT molecular complexity index is 314. The highest BCUT2D eigenvalue weighted by Crippen LogP contribution is 2.30. The topological polar surface area (TPSA) is 29.1 Å². The Morgan fingerprint density at radius 2 is 2.25 bits per heavy atom. The number of amides is 1. The van der Waals surface area contributed by atoms with E-state index in [-0.39, 0.29) is 0 Å². The lowest BCUT2D eigenvalue weighted by atomic mass is 10.2. The second-order valence-corrected chi connectivity index (χ2v) is 3.55. The molecule has 1 rings (SSSR count). The molecule has 0 fully saturated rings. The molecule has 0 unspecified atom stereocenters. The van der Waals surface area contributed by atoms with Crippen molar-refractivity contribution < 1.29 is 4.79 Å². The molecule has 0 bridgehead atoms. The Kier molecular flexibility index (Phi) is 3.12. The molecule has 12 heavy (non-hydrogen) atoms. The third-order valence-corrected chi connectivity index (χ3v) is 2.62. The van der Waals surface area contributed by atoms with Crippen molar-refractivity contribution >= 4 is 39.6 Å². The summed E-state index contributed by atoms with van der Waals surface area (Å²) in [5.41, 5.74) is 1.58. The Labute approximate surface area is 84.0 Å². The van der Waals surface area contributed by atoms with Crippen molar-refractivity contribution in [3.05, 3.63) is 27.2 Å². The van der Waals surface area contributed by atoms with Crippen LogP contribution in [0.3, 0.4) is 0 Å². The molecule has 0 aliphatic heterocycles. The van der Waals surface area contributed by atoms with Crippen LogP contribution in [0, 0.1) is 6.92 Å². The highest BCUT2D eigenvalue weighted by molar-refractivity contribution is 9.10. The summed E-state index contributed by atoms with van der Waals surface area (Å²) in [6.45, 7) is 1.85. The molecule has 1 aromatic carbocycles. The fourth-order valence-electron chi connectivity index (χ4n) is 0.889. The molecule has 0 aliphatic carbocycles. The summed E-state index contributed by atoms with van der Waals surface area (Å²) in [6.07, 6.45) is 0.628. The minimum Gasteiger partial charge on any atom is -0.327 e. The number of nitrogens with one attached hydrogen (secondary N) is 1. The number of rotatable bonds is 2. The summed E-state index contributed by atoms with van der Waals surface area (Å²) < 4.78 is 0.830. The molecule has 0 aliphatic rings. The molecule has 0 saturated heterocycles. The van der Waals surface area contributed by atoms with E-state index in [4.69, 9.17) is 11.6 Å². The van der Waals surface area contributed by atoms with Gasteiger partial charge in [0.05, 0.1) is 5.69 Å². The van der Waals surface area contributed by atoms with Crippen molar-refractivity contribution in [3.8, 4) is 0 Å². The zero-order valence-corrected chi connectivity index (χ0v) is 8.74. The molecule has 0 heterocycles. The van der Waals surface area contributed by atoms with Gasteiger partial charge in [-0.1, -0.05) is 11.6 Å². The quantitative estimate of drug-likeness (QED) is 0.801. The fourth-order valence-corrected chi connectivity index (χ4v) is 1.59. The van der Waals surface area contributed by atoms with Gasteiger partial charge in [-0.15, -0.1) is 0 Å². The first kappa shape index (κ1) is 9.55. The third-order valence-electron chi connectivity index (χ3n) is 1.55. The SMILES string of the molecule is Cc1c(Cl)ccc(Br)c1NC=O. The van der Waals surface area contributed by atoms with Gasteiger partial charge in [-0.2, -0.15) is 0 Å². The first-order valence-electron chi connectivity index (χ1n) is 3.31. The highest BCUT2D eigenvalue weighted by Gasteiger charge is 2.05. The van der Waals surface area contributed by atoms with Gasteiger partial charge in [0.15, 0.2) is 0 Å². The number of carbonyl (C=O) groups is 1. The summed E-state index contributed by atoms with van der Waals surface area (Å²) >= 11 is 9.15. The standard InChI is InChI=1S/C8H7BrClNO/c1-5-7(10)3-2-6(9)8(5)11-4-12/h2-4H,1H3,(H,11,12). The zero-order valence-electron chi connectivity index (χ0n) is 6.40. The van der Waals surface area contributed by atoms with Gasteiger partial charge in [0, 0.05) is 9.50 Å². The Hall–Kier alpha value is -0.540. The summed E-state index contributed by atoms with van der Waals surface area (Å²) in [5.74, 6) is 0. The van der Waals surface area contributed by atoms with Crippen LogP contribution in [0.4, 0.5) is 5.69 Å². The molecule has 4 heteroatoms. The number of carbonyl (C=O) groups excluding carboxylic acids is 1. The Balaban J connectivity index is 3.22. The number of benzene rings is 1. The molecular formula is C8H7BrClNO. The van der Waals surface area contributed by atoms with Gasteiger partial charge in [0.25, 0.3) is 0 Å². The van der Waals surface area contributed by atoms with E-state index in [2.05, 4.69) is 21.2 Å². The molecule has 0 saturated carbocycles. The maximum absolute atomic E-state index is 10.2. The van der Waals surface area contributed by atoms with Crippen LogP contribution in [0.15, 0.2) is 16.6 Å². The van der Waals surface area contributed by atoms with E-state index in [9.17, 15) is 4.79 Å². The van der Waals surface area contributed by atoms with Gasteiger partial charge < -0.3 is 5.32 Å². The van der Waals surface area contributed by atoms with Crippen LogP contribution < -0.4 is 5.32 Å². The number of halogens is 2.